The summed E-state index contributed by atoms with van der Waals surface area (Å²) in [6, 6.07) is 24.0. The first-order valence-corrected chi connectivity index (χ1v) is 17.2. The van der Waals surface area contributed by atoms with Crippen molar-refractivity contribution in [2.45, 2.75) is 81.7 Å². The van der Waals surface area contributed by atoms with Crippen LogP contribution in [0.5, 0.6) is 11.5 Å². The molecule has 0 radical (unpaired) electrons. The van der Waals surface area contributed by atoms with Crippen LogP contribution in [-0.2, 0) is 34.3 Å². The van der Waals surface area contributed by atoms with Gasteiger partial charge in [-0.3, -0.25) is 19.2 Å². The Morgan fingerprint density at radius 1 is 0.731 bits per heavy atom. The third-order valence-electron chi connectivity index (χ3n) is 9.06. The fourth-order valence-electron chi connectivity index (χ4n) is 6.37. The monoisotopic (exact) mass is 727 g/mol. The van der Waals surface area contributed by atoms with Crippen molar-refractivity contribution in [2.75, 3.05) is 27.4 Å². The van der Waals surface area contributed by atoms with Gasteiger partial charge in [-0.1, -0.05) is 67.4 Å². The van der Waals surface area contributed by atoms with Crippen LogP contribution < -0.4 is 9.47 Å². The zero-order valence-electron chi connectivity index (χ0n) is 29.2. The molecule has 1 N–H and O–H groups in total. The lowest BCUT2D eigenvalue weighted by Gasteiger charge is -2.38. The SMILES string of the molecule is COc1ccc(C(OC[C@@H]2C[C@@H](OC(=O)CCC(=O)O)CN2C(=O)CCCCCCC(=O)C(F)(F)F)(c2ccccc2)c2ccc(OC)cc2)cc1. The van der Waals surface area contributed by atoms with E-state index in [9.17, 15) is 32.3 Å². The Hall–Kier alpha value is -4.91. The van der Waals surface area contributed by atoms with Crippen molar-refractivity contribution >= 4 is 23.6 Å². The molecule has 0 aromatic heterocycles. The molecule has 280 valence electrons. The van der Waals surface area contributed by atoms with E-state index >= 15 is 0 Å². The Labute approximate surface area is 300 Å². The van der Waals surface area contributed by atoms with Crippen LogP contribution >= 0.6 is 0 Å². The number of carbonyl (C=O) groups excluding carboxylic acids is 3. The summed E-state index contributed by atoms with van der Waals surface area (Å²) in [7, 11) is 3.15. The molecular formula is C39H44F3NO9. The molecule has 1 saturated heterocycles. The first-order valence-electron chi connectivity index (χ1n) is 17.2. The molecule has 0 aliphatic carbocycles. The van der Waals surface area contributed by atoms with Gasteiger partial charge >= 0.3 is 18.1 Å². The number of hydrogen-bond acceptors (Lipinski definition) is 8. The first-order chi connectivity index (χ1) is 24.9. The predicted molar refractivity (Wildman–Crippen MR) is 184 cm³/mol. The number of ether oxygens (including phenoxy) is 4. The third kappa shape index (κ3) is 10.6. The van der Waals surface area contributed by atoms with E-state index < -0.39 is 54.5 Å². The number of methoxy groups -OCH3 is 2. The van der Waals surface area contributed by atoms with Crippen LogP contribution in [0, 0.1) is 0 Å². The van der Waals surface area contributed by atoms with Crippen molar-refractivity contribution < 1.29 is 56.4 Å². The van der Waals surface area contributed by atoms with E-state index in [0.29, 0.717) is 30.8 Å². The third-order valence-corrected chi connectivity index (χ3v) is 9.06. The summed E-state index contributed by atoms with van der Waals surface area (Å²) in [5.74, 6) is -2.54. The fourth-order valence-corrected chi connectivity index (χ4v) is 6.37. The highest BCUT2D eigenvalue weighted by molar-refractivity contribution is 5.83. The van der Waals surface area contributed by atoms with E-state index in [0.717, 1.165) is 16.7 Å². The maximum Gasteiger partial charge on any atom is 0.449 e. The summed E-state index contributed by atoms with van der Waals surface area (Å²) in [5.41, 5.74) is 1.18. The van der Waals surface area contributed by atoms with Crippen LogP contribution in [0.4, 0.5) is 13.2 Å². The van der Waals surface area contributed by atoms with Crippen LogP contribution in [0.2, 0.25) is 0 Å². The number of carbonyl (C=O) groups is 4. The minimum Gasteiger partial charge on any atom is -0.497 e. The number of alkyl halides is 3. The van der Waals surface area contributed by atoms with E-state index in [4.69, 9.17) is 24.1 Å². The zero-order valence-corrected chi connectivity index (χ0v) is 29.2. The largest absolute Gasteiger partial charge is 0.497 e. The first kappa shape index (κ1) is 39.9. The summed E-state index contributed by atoms with van der Waals surface area (Å²) in [5, 5.41) is 9.01. The number of benzene rings is 3. The number of Topliss-reactive ketones (excluding diaryl/α,β-unsaturated/α-hetero) is 1. The molecule has 1 fully saturated rings. The van der Waals surface area contributed by atoms with Crippen LogP contribution in [0.3, 0.4) is 0 Å². The van der Waals surface area contributed by atoms with Gasteiger partial charge in [0.05, 0.1) is 46.3 Å². The predicted octanol–water partition coefficient (Wildman–Crippen LogP) is 6.86. The highest BCUT2D eigenvalue weighted by atomic mass is 19.4. The maximum absolute atomic E-state index is 13.7. The summed E-state index contributed by atoms with van der Waals surface area (Å²) in [6.07, 6.45) is -5.27. The van der Waals surface area contributed by atoms with Crippen LogP contribution in [0.25, 0.3) is 0 Å². The lowest BCUT2D eigenvalue weighted by Crippen LogP contribution is -2.42. The molecule has 52 heavy (non-hydrogen) atoms. The van der Waals surface area contributed by atoms with Crippen molar-refractivity contribution in [2.24, 2.45) is 0 Å². The molecule has 3 aromatic carbocycles. The number of aliphatic carboxylic acids is 1. The highest BCUT2D eigenvalue weighted by Gasteiger charge is 2.43. The van der Waals surface area contributed by atoms with E-state index in [-0.39, 0.29) is 44.7 Å². The van der Waals surface area contributed by atoms with Crippen molar-refractivity contribution in [1.82, 2.24) is 4.90 Å². The molecule has 1 heterocycles. The Balaban J connectivity index is 1.60. The van der Waals surface area contributed by atoms with Crippen LogP contribution in [0.15, 0.2) is 78.9 Å². The molecule has 1 aliphatic rings. The number of likely N-dealkylation sites (tertiary alicyclic amines) is 1. The molecule has 0 spiro atoms. The molecule has 3 aromatic rings. The van der Waals surface area contributed by atoms with Crippen molar-refractivity contribution in [3.63, 3.8) is 0 Å². The average Bonchev–Trinajstić information content (AvgIpc) is 3.55. The lowest BCUT2D eigenvalue weighted by atomic mass is 9.80. The number of rotatable bonds is 19. The van der Waals surface area contributed by atoms with Crippen LogP contribution in [-0.4, -0.2) is 79.3 Å². The van der Waals surface area contributed by atoms with Gasteiger partial charge in [0.15, 0.2) is 0 Å². The summed E-state index contributed by atoms with van der Waals surface area (Å²) in [6.45, 7) is 0.0799. The minimum absolute atomic E-state index is 0.0153. The zero-order chi connectivity index (χ0) is 37.7. The molecular weight excluding hydrogens is 683 g/mol. The topological polar surface area (TPSA) is 129 Å². The molecule has 1 amide bonds. The normalized spacial score (nSPS) is 16.0. The second-order valence-electron chi connectivity index (χ2n) is 12.6. The number of ketones is 1. The van der Waals surface area contributed by atoms with E-state index in [2.05, 4.69) is 0 Å². The summed E-state index contributed by atoms with van der Waals surface area (Å²) < 4.78 is 61.1. The molecule has 1 aliphatic heterocycles. The molecule has 0 bridgehead atoms. The molecule has 13 heteroatoms. The number of hydrogen-bond donors (Lipinski definition) is 1. The maximum atomic E-state index is 13.7. The molecule has 0 saturated carbocycles. The van der Waals surface area contributed by atoms with Crippen molar-refractivity contribution in [3.8, 4) is 11.5 Å². The van der Waals surface area contributed by atoms with E-state index in [1.165, 1.54) is 0 Å². The second-order valence-corrected chi connectivity index (χ2v) is 12.6. The molecule has 10 nitrogen and oxygen atoms in total. The highest BCUT2D eigenvalue weighted by Crippen LogP contribution is 2.42. The van der Waals surface area contributed by atoms with Crippen molar-refractivity contribution in [3.05, 3.63) is 95.6 Å². The van der Waals surface area contributed by atoms with Crippen molar-refractivity contribution in [1.29, 1.82) is 0 Å². The van der Waals surface area contributed by atoms with Gasteiger partial charge in [-0.2, -0.15) is 13.2 Å². The van der Waals surface area contributed by atoms with Gasteiger partial charge in [0, 0.05) is 19.3 Å². The van der Waals surface area contributed by atoms with E-state index in [1.807, 2.05) is 78.9 Å². The Morgan fingerprint density at radius 3 is 1.79 bits per heavy atom. The Morgan fingerprint density at radius 2 is 1.27 bits per heavy atom. The number of halogens is 3. The van der Waals surface area contributed by atoms with E-state index in [1.54, 1.807) is 19.1 Å². The van der Waals surface area contributed by atoms with Gasteiger partial charge in [0.25, 0.3) is 0 Å². The smallest absolute Gasteiger partial charge is 0.449 e. The number of carboxylic acid groups (broad SMARTS) is 1. The number of esters is 1. The lowest BCUT2D eigenvalue weighted by molar-refractivity contribution is -0.171. The number of nitrogens with zero attached hydrogens (tertiary/aromatic N) is 1. The van der Waals surface area contributed by atoms with Gasteiger partial charge in [0.2, 0.25) is 11.7 Å². The van der Waals surface area contributed by atoms with Gasteiger partial charge < -0.3 is 29.0 Å². The van der Waals surface area contributed by atoms with Gasteiger partial charge in [0.1, 0.15) is 23.2 Å². The number of amides is 1. The average molecular weight is 728 g/mol. The minimum atomic E-state index is -4.85. The second kappa shape index (κ2) is 18.5. The molecule has 2 atom stereocenters. The quantitative estimate of drug-likeness (QED) is 0.0800. The van der Waals surface area contributed by atoms with Gasteiger partial charge in [-0.25, -0.2) is 0 Å². The fraction of sp³-hybridized carbons (Fsp3) is 0.436. The van der Waals surface area contributed by atoms with Crippen LogP contribution in [0.1, 0.15) is 74.5 Å². The standard InChI is InChI=1S/C39H44F3NO9/c1-49-31-18-14-28(15-19-31)38(27-10-6-5-7-11-27,29-16-20-32(50-2)21-17-29)51-26-30-24-33(52-37(48)23-22-36(46)47)25-43(30)35(45)13-9-4-3-8-12-34(44)39(40,41)42/h5-7,10-11,14-21,30,33H,3-4,8-9,12-13,22-26H2,1-2H3,(H,46,47)/t30-,33+/m0/s1. The van der Waals surface area contributed by atoms with Gasteiger partial charge in [-0.15, -0.1) is 0 Å². The summed E-state index contributed by atoms with van der Waals surface area (Å²) >= 11 is 0. The molecule has 0 unspecified atom stereocenters. The Bertz CT molecular complexity index is 1580. The molecule has 4 rings (SSSR count). The Kier molecular flexibility index (Phi) is 14.2. The number of unbranched alkanes of at least 4 members (excludes halogenated alkanes) is 3. The summed E-state index contributed by atoms with van der Waals surface area (Å²) in [4.78, 5) is 50.0. The number of carboxylic acids is 1. The van der Waals surface area contributed by atoms with Gasteiger partial charge in [-0.05, 0) is 53.8 Å².